The first-order valence-corrected chi connectivity index (χ1v) is 5.60. The molecule has 1 rings (SSSR count). The normalized spacial score (nSPS) is 24.3. The van der Waals surface area contributed by atoms with Gasteiger partial charge in [-0.05, 0) is 0 Å². The maximum Gasteiger partial charge on any atom is 0.235 e. The van der Waals surface area contributed by atoms with Gasteiger partial charge in [-0.15, -0.1) is 0 Å². The molecule has 0 aromatic heterocycles. The van der Waals surface area contributed by atoms with E-state index in [1.165, 1.54) is 5.75 Å². The van der Waals surface area contributed by atoms with Gasteiger partial charge in [-0.2, -0.15) is 11.8 Å². The average molecular weight is 203 g/mol. The summed E-state index contributed by atoms with van der Waals surface area (Å²) in [6, 6.07) is 0. The Morgan fingerprint density at radius 3 is 3.15 bits per heavy atom. The van der Waals surface area contributed by atoms with Crippen LogP contribution in [0.1, 0.15) is 13.3 Å². The summed E-state index contributed by atoms with van der Waals surface area (Å²) in [4.78, 5) is 13.2. The molecule has 1 amide bonds. The van der Waals surface area contributed by atoms with Crippen molar-refractivity contribution in [2.45, 2.75) is 18.6 Å². The lowest BCUT2D eigenvalue weighted by Gasteiger charge is -2.30. The van der Waals surface area contributed by atoms with Crippen LogP contribution in [0, 0.1) is 0 Å². The largest absolute Gasteiger partial charge is 0.301 e. The molecule has 0 bridgehead atoms. The number of hydrazine groups is 1. The Hall–Kier alpha value is -0.260. The molecule has 1 atom stereocenters. The maximum absolute atomic E-state index is 10.9. The highest BCUT2D eigenvalue weighted by molar-refractivity contribution is 7.99. The fourth-order valence-corrected chi connectivity index (χ4v) is 2.51. The molecular formula is C8H17N3OS. The molecule has 0 aliphatic carbocycles. The second-order valence-corrected chi connectivity index (χ2v) is 4.85. The summed E-state index contributed by atoms with van der Waals surface area (Å²) < 4.78 is 0. The van der Waals surface area contributed by atoms with Crippen LogP contribution in [0.2, 0.25) is 0 Å². The van der Waals surface area contributed by atoms with Crippen molar-refractivity contribution in [1.82, 2.24) is 10.3 Å². The maximum atomic E-state index is 10.9. The average Bonchev–Trinajstić information content (AvgIpc) is 2.14. The molecule has 1 saturated heterocycles. The van der Waals surface area contributed by atoms with Crippen molar-refractivity contribution in [3.05, 3.63) is 0 Å². The van der Waals surface area contributed by atoms with Gasteiger partial charge in [-0.25, -0.2) is 5.84 Å². The molecule has 76 valence electrons. The third-order valence-corrected chi connectivity index (χ3v) is 3.28. The molecule has 0 spiro atoms. The molecule has 1 aliphatic heterocycles. The number of hydrogen-bond acceptors (Lipinski definition) is 4. The molecule has 3 N–H and O–H groups in total. The predicted octanol–water partition coefficient (Wildman–Crippen LogP) is -0.196. The summed E-state index contributed by atoms with van der Waals surface area (Å²) in [5.74, 6) is 6.09. The van der Waals surface area contributed by atoms with E-state index in [2.05, 4.69) is 17.2 Å². The van der Waals surface area contributed by atoms with Gasteiger partial charge in [0.15, 0.2) is 0 Å². The number of rotatable bonds is 3. The molecule has 1 aliphatic rings. The van der Waals surface area contributed by atoms with Crippen molar-refractivity contribution >= 4 is 17.7 Å². The third-order valence-electron chi connectivity index (χ3n) is 2.14. The second kappa shape index (κ2) is 5.47. The molecule has 5 heteroatoms. The minimum absolute atomic E-state index is 0.0779. The molecule has 0 aromatic carbocycles. The van der Waals surface area contributed by atoms with Crippen molar-refractivity contribution in [1.29, 1.82) is 0 Å². The lowest BCUT2D eigenvalue weighted by molar-refractivity contribution is -0.121. The number of nitrogens with one attached hydrogen (secondary N) is 1. The van der Waals surface area contributed by atoms with E-state index >= 15 is 0 Å². The Balaban J connectivity index is 2.17. The highest BCUT2D eigenvalue weighted by atomic mass is 32.2. The van der Waals surface area contributed by atoms with Crippen LogP contribution < -0.4 is 11.3 Å². The van der Waals surface area contributed by atoms with E-state index < -0.39 is 0 Å². The van der Waals surface area contributed by atoms with E-state index in [-0.39, 0.29) is 5.91 Å². The van der Waals surface area contributed by atoms with Crippen LogP contribution in [0.4, 0.5) is 0 Å². The molecule has 1 unspecified atom stereocenters. The summed E-state index contributed by atoms with van der Waals surface area (Å²) in [6.45, 7) is 5.23. The number of hydrogen-bond donors (Lipinski definition) is 2. The number of carbonyl (C=O) groups excluding carboxylic acids is 1. The van der Waals surface area contributed by atoms with Crippen LogP contribution in [0.3, 0.4) is 0 Å². The highest BCUT2D eigenvalue weighted by Gasteiger charge is 2.16. The smallest absolute Gasteiger partial charge is 0.235 e. The Kier molecular flexibility index (Phi) is 4.55. The fourth-order valence-electron chi connectivity index (χ4n) is 1.43. The van der Waals surface area contributed by atoms with Crippen LogP contribution >= 0.6 is 11.8 Å². The standard InChI is InChI=1S/C8H17N3OS/c1-7-6-11(4-5-13-7)3-2-8(12)10-9/h7H,2-6,9H2,1H3,(H,10,12). The number of amides is 1. The van der Waals surface area contributed by atoms with Gasteiger partial charge in [-0.1, -0.05) is 6.92 Å². The second-order valence-electron chi connectivity index (χ2n) is 3.30. The van der Waals surface area contributed by atoms with E-state index in [1.807, 2.05) is 11.8 Å². The number of thioether (sulfide) groups is 1. The molecular weight excluding hydrogens is 186 g/mol. The van der Waals surface area contributed by atoms with Gasteiger partial charge in [0.05, 0.1) is 0 Å². The molecule has 0 radical (unpaired) electrons. The first-order chi connectivity index (χ1) is 6.22. The summed E-state index contributed by atoms with van der Waals surface area (Å²) >= 11 is 1.99. The van der Waals surface area contributed by atoms with Gasteiger partial charge in [0, 0.05) is 37.1 Å². The lowest BCUT2D eigenvalue weighted by atomic mass is 10.3. The van der Waals surface area contributed by atoms with E-state index in [0.29, 0.717) is 11.7 Å². The van der Waals surface area contributed by atoms with Gasteiger partial charge in [0.25, 0.3) is 0 Å². The zero-order valence-electron chi connectivity index (χ0n) is 7.95. The Labute approximate surface area is 83.2 Å². The monoisotopic (exact) mass is 203 g/mol. The SMILES string of the molecule is CC1CN(CCC(=O)NN)CCS1. The summed E-state index contributed by atoms with van der Waals surface area (Å²) in [5, 5.41) is 0.690. The van der Waals surface area contributed by atoms with Crippen molar-refractivity contribution in [3.63, 3.8) is 0 Å². The first-order valence-electron chi connectivity index (χ1n) is 4.56. The number of nitrogens with two attached hydrogens (primary N) is 1. The predicted molar refractivity (Wildman–Crippen MR) is 55.3 cm³/mol. The molecule has 1 heterocycles. The molecule has 1 fully saturated rings. The molecule has 0 saturated carbocycles. The zero-order valence-corrected chi connectivity index (χ0v) is 8.77. The van der Waals surface area contributed by atoms with Gasteiger partial charge in [-0.3, -0.25) is 10.2 Å². The Morgan fingerprint density at radius 2 is 2.54 bits per heavy atom. The topological polar surface area (TPSA) is 58.4 Å². The summed E-state index contributed by atoms with van der Waals surface area (Å²) in [7, 11) is 0. The summed E-state index contributed by atoms with van der Waals surface area (Å²) in [5.41, 5.74) is 2.14. The van der Waals surface area contributed by atoms with Crippen LogP contribution in [-0.4, -0.2) is 41.4 Å². The van der Waals surface area contributed by atoms with E-state index in [4.69, 9.17) is 5.84 Å². The van der Waals surface area contributed by atoms with Crippen LogP contribution in [0.25, 0.3) is 0 Å². The fraction of sp³-hybridized carbons (Fsp3) is 0.875. The Morgan fingerprint density at radius 1 is 1.77 bits per heavy atom. The lowest BCUT2D eigenvalue weighted by Crippen LogP contribution is -2.40. The van der Waals surface area contributed by atoms with Crippen molar-refractivity contribution in [2.75, 3.05) is 25.4 Å². The van der Waals surface area contributed by atoms with Gasteiger partial charge in [0.1, 0.15) is 0 Å². The minimum Gasteiger partial charge on any atom is -0.301 e. The molecule has 0 aromatic rings. The molecule has 4 nitrogen and oxygen atoms in total. The van der Waals surface area contributed by atoms with Gasteiger partial charge < -0.3 is 4.90 Å². The van der Waals surface area contributed by atoms with Crippen LogP contribution in [0.15, 0.2) is 0 Å². The molecule has 13 heavy (non-hydrogen) atoms. The van der Waals surface area contributed by atoms with E-state index in [0.717, 1.165) is 19.6 Å². The van der Waals surface area contributed by atoms with Crippen molar-refractivity contribution < 1.29 is 4.79 Å². The first kappa shape index (κ1) is 10.8. The highest BCUT2D eigenvalue weighted by Crippen LogP contribution is 2.17. The van der Waals surface area contributed by atoms with Crippen molar-refractivity contribution in [2.24, 2.45) is 5.84 Å². The van der Waals surface area contributed by atoms with E-state index in [1.54, 1.807) is 0 Å². The Bertz CT molecular complexity index is 177. The van der Waals surface area contributed by atoms with Gasteiger partial charge >= 0.3 is 0 Å². The third kappa shape index (κ3) is 3.97. The quantitative estimate of drug-likeness (QED) is 0.379. The van der Waals surface area contributed by atoms with Gasteiger partial charge in [0.2, 0.25) is 5.91 Å². The zero-order chi connectivity index (χ0) is 9.68. The van der Waals surface area contributed by atoms with E-state index in [9.17, 15) is 4.79 Å². The number of carbonyl (C=O) groups is 1. The summed E-state index contributed by atoms with van der Waals surface area (Å²) in [6.07, 6.45) is 0.508. The minimum atomic E-state index is -0.0779. The number of nitrogens with zero attached hydrogens (tertiary/aromatic N) is 1. The van der Waals surface area contributed by atoms with Crippen LogP contribution in [0.5, 0.6) is 0 Å². The van der Waals surface area contributed by atoms with Crippen LogP contribution in [-0.2, 0) is 4.79 Å². The van der Waals surface area contributed by atoms with Crippen molar-refractivity contribution in [3.8, 4) is 0 Å².